The minimum absolute atomic E-state index is 0.0335. The van der Waals surface area contributed by atoms with Gasteiger partial charge in [0.1, 0.15) is 0 Å². The SMILES string of the molecule is CCNC(=NCCc1ccc(C(=O)OC)cc1)NC1CCN(C(=O)C(C)C)C1. The Balaban J connectivity index is 1.87. The first-order valence-electron chi connectivity index (χ1n) is 9.95. The first-order valence-corrected chi connectivity index (χ1v) is 9.95. The fraction of sp³-hybridized carbons (Fsp3) is 0.571. The van der Waals surface area contributed by atoms with Crippen molar-refractivity contribution in [3.8, 4) is 0 Å². The Hall–Kier alpha value is -2.57. The molecule has 1 saturated heterocycles. The summed E-state index contributed by atoms with van der Waals surface area (Å²) in [6.07, 6.45) is 1.71. The Morgan fingerprint density at radius 3 is 2.61 bits per heavy atom. The van der Waals surface area contributed by atoms with Gasteiger partial charge in [0.2, 0.25) is 5.91 Å². The van der Waals surface area contributed by atoms with E-state index in [1.54, 1.807) is 12.1 Å². The lowest BCUT2D eigenvalue weighted by Gasteiger charge is -2.20. The number of rotatable bonds is 7. The third kappa shape index (κ3) is 6.25. The van der Waals surface area contributed by atoms with Gasteiger partial charge in [-0.1, -0.05) is 26.0 Å². The van der Waals surface area contributed by atoms with E-state index in [0.717, 1.165) is 44.0 Å². The number of methoxy groups -OCH3 is 1. The summed E-state index contributed by atoms with van der Waals surface area (Å²) in [6, 6.07) is 7.61. The van der Waals surface area contributed by atoms with E-state index in [1.165, 1.54) is 7.11 Å². The second-order valence-electron chi connectivity index (χ2n) is 7.27. The van der Waals surface area contributed by atoms with Crippen LogP contribution in [-0.4, -0.2) is 62.1 Å². The molecule has 1 aromatic rings. The van der Waals surface area contributed by atoms with Crippen LogP contribution in [-0.2, 0) is 16.0 Å². The predicted molar refractivity (Wildman–Crippen MR) is 110 cm³/mol. The molecule has 7 nitrogen and oxygen atoms in total. The van der Waals surface area contributed by atoms with E-state index in [2.05, 4.69) is 15.6 Å². The molecular weight excluding hydrogens is 356 g/mol. The number of hydrogen-bond acceptors (Lipinski definition) is 4. The summed E-state index contributed by atoms with van der Waals surface area (Å²) in [5, 5.41) is 6.71. The Morgan fingerprint density at radius 1 is 1.29 bits per heavy atom. The number of aliphatic imine (C=N–C) groups is 1. The van der Waals surface area contributed by atoms with Gasteiger partial charge < -0.3 is 20.3 Å². The molecule has 7 heteroatoms. The summed E-state index contributed by atoms with van der Waals surface area (Å²) in [5.74, 6) is 0.690. The molecule has 2 rings (SSSR count). The number of benzene rings is 1. The van der Waals surface area contributed by atoms with Crippen LogP contribution < -0.4 is 10.6 Å². The second kappa shape index (κ2) is 10.7. The number of guanidine groups is 1. The van der Waals surface area contributed by atoms with Crippen LogP contribution in [0.3, 0.4) is 0 Å². The van der Waals surface area contributed by atoms with Crippen LogP contribution in [0.4, 0.5) is 0 Å². The van der Waals surface area contributed by atoms with Crippen molar-refractivity contribution in [3.05, 3.63) is 35.4 Å². The Bertz CT molecular complexity index is 685. The zero-order valence-corrected chi connectivity index (χ0v) is 17.3. The zero-order chi connectivity index (χ0) is 20.5. The van der Waals surface area contributed by atoms with Crippen molar-refractivity contribution in [2.75, 3.05) is 33.3 Å². The third-order valence-corrected chi connectivity index (χ3v) is 4.72. The van der Waals surface area contributed by atoms with Gasteiger partial charge in [-0.3, -0.25) is 9.79 Å². The van der Waals surface area contributed by atoms with E-state index >= 15 is 0 Å². The lowest BCUT2D eigenvalue weighted by Crippen LogP contribution is -2.45. The average Bonchev–Trinajstić information content (AvgIpc) is 3.15. The van der Waals surface area contributed by atoms with E-state index in [4.69, 9.17) is 4.74 Å². The maximum Gasteiger partial charge on any atom is 0.337 e. The molecule has 0 saturated carbocycles. The molecule has 0 bridgehead atoms. The first-order chi connectivity index (χ1) is 13.4. The normalized spacial score (nSPS) is 17.0. The monoisotopic (exact) mass is 388 g/mol. The molecule has 0 radical (unpaired) electrons. The van der Waals surface area contributed by atoms with E-state index in [0.29, 0.717) is 12.1 Å². The van der Waals surface area contributed by atoms with Crippen LogP contribution in [0.25, 0.3) is 0 Å². The fourth-order valence-corrected chi connectivity index (χ4v) is 3.18. The van der Waals surface area contributed by atoms with Gasteiger partial charge in [-0.2, -0.15) is 0 Å². The van der Waals surface area contributed by atoms with E-state index < -0.39 is 0 Å². The summed E-state index contributed by atoms with van der Waals surface area (Å²) in [6.45, 7) is 8.83. The van der Waals surface area contributed by atoms with Gasteiger partial charge in [-0.05, 0) is 37.5 Å². The highest BCUT2D eigenvalue weighted by atomic mass is 16.5. The topological polar surface area (TPSA) is 83.0 Å². The van der Waals surface area contributed by atoms with Crippen molar-refractivity contribution >= 4 is 17.8 Å². The van der Waals surface area contributed by atoms with Crippen molar-refractivity contribution < 1.29 is 14.3 Å². The van der Waals surface area contributed by atoms with Crippen LogP contribution >= 0.6 is 0 Å². The van der Waals surface area contributed by atoms with Crippen LogP contribution in [0.2, 0.25) is 0 Å². The number of esters is 1. The smallest absolute Gasteiger partial charge is 0.337 e. The van der Waals surface area contributed by atoms with Crippen molar-refractivity contribution in [1.29, 1.82) is 0 Å². The quantitative estimate of drug-likeness (QED) is 0.423. The van der Waals surface area contributed by atoms with E-state index in [-0.39, 0.29) is 23.8 Å². The third-order valence-electron chi connectivity index (χ3n) is 4.72. The number of ether oxygens (including phenoxy) is 1. The molecule has 1 heterocycles. The Morgan fingerprint density at radius 2 is 2.00 bits per heavy atom. The summed E-state index contributed by atoms with van der Waals surface area (Å²) < 4.78 is 4.71. The standard InChI is InChI=1S/C21H32N4O3/c1-5-22-21(24-18-11-13-25(14-18)19(26)15(2)3)23-12-10-16-6-8-17(9-7-16)20(27)28-4/h6-9,15,18H,5,10-14H2,1-4H3,(H2,22,23,24). The number of nitrogens with zero attached hydrogens (tertiary/aromatic N) is 2. The van der Waals surface area contributed by atoms with Crippen molar-refractivity contribution in [3.63, 3.8) is 0 Å². The summed E-state index contributed by atoms with van der Waals surface area (Å²) in [5.41, 5.74) is 1.66. The molecule has 0 aromatic heterocycles. The molecule has 1 amide bonds. The van der Waals surface area contributed by atoms with Crippen LogP contribution in [0.5, 0.6) is 0 Å². The molecule has 1 aliphatic heterocycles. The molecule has 2 N–H and O–H groups in total. The molecule has 0 aliphatic carbocycles. The minimum Gasteiger partial charge on any atom is -0.465 e. The van der Waals surface area contributed by atoms with E-state index in [9.17, 15) is 9.59 Å². The van der Waals surface area contributed by atoms with Gasteiger partial charge in [-0.15, -0.1) is 0 Å². The summed E-state index contributed by atoms with van der Waals surface area (Å²) in [4.78, 5) is 30.2. The molecule has 1 aromatic carbocycles. The lowest BCUT2D eigenvalue weighted by atomic mass is 10.1. The van der Waals surface area contributed by atoms with Crippen molar-refractivity contribution in [2.24, 2.45) is 10.9 Å². The highest BCUT2D eigenvalue weighted by Gasteiger charge is 2.27. The van der Waals surface area contributed by atoms with E-state index in [1.807, 2.05) is 37.8 Å². The van der Waals surface area contributed by atoms with Gasteiger partial charge in [0.25, 0.3) is 0 Å². The highest BCUT2D eigenvalue weighted by molar-refractivity contribution is 5.89. The average molecular weight is 389 g/mol. The van der Waals surface area contributed by atoms with Gasteiger partial charge in [0.15, 0.2) is 5.96 Å². The largest absolute Gasteiger partial charge is 0.465 e. The fourth-order valence-electron chi connectivity index (χ4n) is 3.18. The van der Waals surface area contributed by atoms with Crippen LogP contribution in [0, 0.1) is 5.92 Å². The molecule has 1 fully saturated rings. The molecule has 28 heavy (non-hydrogen) atoms. The number of carbonyl (C=O) groups is 2. The second-order valence-corrected chi connectivity index (χ2v) is 7.27. The number of likely N-dealkylation sites (tertiary alicyclic amines) is 1. The Kier molecular flexibility index (Phi) is 8.29. The summed E-state index contributed by atoms with van der Waals surface area (Å²) >= 11 is 0. The number of hydrogen-bond donors (Lipinski definition) is 2. The van der Waals surface area contributed by atoms with Crippen LogP contribution in [0.1, 0.15) is 43.1 Å². The molecule has 1 unspecified atom stereocenters. The molecule has 154 valence electrons. The number of carbonyl (C=O) groups excluding carboxylic acids is 2. The first kappa shape index (κ1) is 21.7. The minimum atomic E-state index is -0.329. The van der Waals surface area contributed by atoms with Gasteiger partial charge in [-0.25, -0.2) is 4.79 Å². The van der Waals surface area contributed by atoms with Crippen molar-refractivity contribution in [2.45, 2.75) is 39.7 Å². The summed E-state index contributed by atoms with van der Waals surface area (Å²) in [7, 11) is 1.38. The number of amides is 1. The molecular formula is C21H32N4O3. The molecule has 1 aliphatic rings. The Labute approximate surface area is 167 Å². The highest BCUT2D eigenvalue weighted by Crippen LogP contribution is 2.13. The van der Waals surface area contributed by atoms with Gasteiger partial charge >= 0.3 is 5.97 Å². The zero-order valence-electron chi connectivity index (χ0n) is 17.3. The molecule has 1 atom stereocenters. The maximum absolute atomic E-state index is 12.1. The van der Waals surface area contributed by atoms with Gasteiger partial charge in [0.05, 0.1) is 12.7 Å². The predicted octanol–water partition coefficient (Wildman–Crippen LogP) is 1.83. The van der Waals surface area contributed by atoms with Gasteiger partial charge in [0, 0.05) is 38.1 Å². The lowest BCUT2D eigenvalue weighted by molar-refractivity contribution is -0.133. The number of nitrogens with one attached hydrogen (secondary N) is 2. The maximum atomic E-state index is 12.1. The van der Waals surface area contributed by atoms with Crippen LogP contribution in [0.15, 0.2) is 29.3 Å². The van der Waals surface area contributed by atoms with Crippen molar-refractivity contribution in [1.82, 2.24) is 15.5 Å². The molecule has 0 spiro atoms.